The molecular formula is C37H30O15. The lowest BCUT2D eigenvalue weighted by molar-refractivity contribution is 0.00185. The van der Waals surface area contributed by atoms with Crippen LogP contribution in [0.1, 0.15) is 56.3 Å². The van der Waals surface area contributed by atoms with Crippen LogP contribution in [-0.4, -0.2) is 74.3 Å². The Bertz CT molecular complexity index is 2230. The van der Waals surface area contributed by atoms with Crippen LogP contribution < -0.4 is 14.2 Å². The van der Waals surface area contributed by atoms with E-state index in [1.807, 2.05) is 0 Å². The molecule has 11 N–H and O–H groups in total. The number of ether oxygens (including phenoxy) is 3. The molecule has 0 saturated heterocycles. The van der Waals surface area contributed by atoms with E-state index in [4.69, 9.17) is 14.2 Å². The Morgan fingerprint density at radius 3 is 2.00 bits per heavy atom. The zero-order valence-corrected chi connectivity index (χ0v) is 26.6. The SMILES string of the molecule is O=C(Oc1cc(C2Oc3cc(O)ccc3C(c3c(O)cc(O)c4c3OC(c3ccc(O)c(O)c3)C(O)C4)C2O)ccc1O)c1cc(O)c(O)c(O)c1. The minimum Gasteiger partial charge on any atom is -0.508 e. The van der Waals surface area contributed by atoms with E-state index in [0.29, 0.717) is 0 Å². The number of aliphatic hydroxyl groups is 2. The van der Waals surface area contributed by atoms with Gasteiger partial charge in [0, 0.05) is 41.2 Å². The second-order valence-electron chi connectivity index (χ2n) is 12.4. The lowest BCUT2D eigenvalue weighted by Gasteiger charge is -2.40. The molecule has 0 bridgehead atoms. The van der Waals surface area contributed by atoms with Crippen molar-refractivity contribution in [1.29, 1.82) is 0 Å². The van der Waals surface area contributed by atoms with Crippen LogP contribution in [0.25, 0.3) is 0 Å². The molecule has 0 amide bonds. The van der Waals surface area contributed by atoms with E-state index in [2.05, 4.69) is 0 Å². The maximum atomic E-state index is 12.9. The summed E-state index contributed by atoms with van der Waals surface area (Å²) in [5.41, 5.74) is 0.342. The first-order chi connectivity index (χ1) is 24.7. The fraction of sp³-hybridized carbons (Fsp3) is 0.162. The molecule has 0 aromatic heterocycles. The van der Waals surface area contributed by atoms with E-state index in [0.717, 1.165) is 24.3 Å². The number of carbonyl (C=O) groups excluding carboxylic acids is 1. The average molecular weight is 715 g/mol. The molecule has 0 saturated carbocycles. The molecule has 2 heterocycles. The van der Waals surface area contributed by atoms with Crippen molar-refractivity contribution in [2.45, 2.75) is 36.8 Å². The smallest absolute Gasteiger partial charge is 0.343 e. The fourth-order valence-corrected chi connectivity index (χ4v) is 6.56. The molecular weight excluding hydrogens is 684 g/mol. The summed E-state index contributed by atoms with van der Waals surface area (Å²) in [7, 11) is 0. The zero-order valence-electron chi connectivity index (χ0n) is 26.6. The second kappa shape index (κ2) is 12.6. The molecule has 268 valence electrons. The van der Waals surface area contributed by atoms with Crippen molar-refractivity contribution >= 4 is 5.97 Å². The van der Waals surface area contributed by atoms with Crippen LogP contribution in [0.5, 0.6) is 69.0 Å². The maximum Gasteiger partial charge on any atom is 0.343 e. The third kappa shape index (κ3) is 5.73. The molecule has 2 aliphatic heterocycles. The molecule has 0 spiro atoms. The van der Waals surface area contributed by atoms with E-state index in [-0.39, 0.29) is 57.1 Å². The van der Waals surface area contributed by atoms with Gasteiger partial charge in [0.2, 0.25) is 0 Å². The summed E-state index contributed by atoms with van der Waals surface area (Å²) in [4.78, 5) is 12.9. The summed E-state index contributed by atoms with van der Waals surface area (Å²) < 4.78 is 17.7. The van der Waals surface area contributed by atoms with Gasteiger partial charge in [0.05, 0.1) is 11.7 Å². The van der Waals surface area contributed by atoms with Crippen LogP contribution in [0, 0.1) is 0 Å². The van der Waals surface area contributed by atoms with Crippen LogP contribution in [0.3, 0.4) is 0 Å². The van der Waals surface area contributed by atoms with Crippen molar-refractivity contribution in [1.82, 2.24) is 0 Å². The Labute approximate surface area is 292 Å². The van der Waals surface area contributed by atoms with Gasteiger partial charge in [-0.2, -0.15) is 0 Å². The summed E-state index contributed by atoms with van der Waals surface area (Å²) in [6.45, 7) is 0. The fourth-order valence-electron chi connectivity index (χ4n) is 6.56. The molecule has 0 aliphatic carbocycles. The third-order valence-electron chi connectivity index (χ3n) is 9.08. The Kier molecular flexibility index (Phi) is 8.16. The number of rotatable bonds is 5. The van der Waals surface area contributed by atoms with Gasteiger partial charge >= 0.3 is 5.97 Å². The Hall–Kier alpha value is -6.71. The Balaban J connectivity index is 1.31. The normalized spacial score (nSPS) is 20.5. The molecule has 5 aromatic carbocycles. The molecule has 52 heavy (non-hydrogen) atoms. The minimum atomic E-state index is -1.60. The van der Waals surface area contributed by atoms with E-state index >= 15 is 0 Å². The van der Waals surface area contributed by atoms with Gasteiger partial charge in [-0.1, -0.05) is 18.2 Å². The molecule has 0 radical (unpaired) electrons. The van der Waals surface area contributed by atoms with Gasteiger partial charge in [-0.3, -0.25) is 0 Å². The topological polar surface area (TPSA) is 267 Å². The van der Waals surface area contributed by atoms with E-state index < -0.39 is 88.0 Å². The Morgan fingerprint density at radius 1 is 0.635 bits per heavy atom. The molecule has 2 aliphatic rings. The van der Waals surface area contributed by atoms with Gasteiger partial charge in [-0.25, -0.2) is 4.79 Å². The number of benzene rings is 5. The van der Waals surface area contributed by atoms with E-state index in [1.54, 1.807) is 0 Å². The first kappa shape index (κ1) is 33.8. The standard InChI is InChI=1S/C37H30O15/c38-17-3-4-18-28(11-17)50-35(15-2-6-21(40)29(10-15)51-37(49)16-8-25(44)32(47)26(45)9-16)33(48)30(18)31-24(43)13-22(41)19-12-27(46)34(52-36(19)31)14-1-5-20(39)23(42)7-14/h1-11,13,27,30,33-35,38-48H,12H2. The van der Waals surface area contributed by atoms with Crippen LogP contribution in [-0.2, 0) is 6.42 Å². The number of aliphatic hydroxyl groups excluding tert-OH is 2. The predicted octanol–water partition coefficient (Wildman–Crippen LogP) is 3.92. The largest absolute Gasteiger partial charge is 0.508 e. The summed E-state index contributed by atoms with van der Waals surface area (Å²) in [6, 6.07) is 14.2. The monoisotopic (exact) mass is 714 g/mol. The highest BCUT2D eigenvalue weighted by Gasteiger charge is 2.45. The number of hydrogen-bond donors (Lipinski definition) is 11. The highest BCUT2D eigenvalue weighted by molar-refractivity contribution is 5.93. The highest BCUT2D eigenvalue weighted by Crippen LogP contribution is 2.55. The summed E-state index contributed by atoms with van der Waals surface area (Å²) in [6.07, 6.45) is -5.55. The predicted molar refractivity (Wildman–Crippen MR) is 176 cm³/mol. The minimum absolute atomic E-state index is 0.0298. The lowest BCUT2D eigenvalue weighted by atomic mass is 9.78. The first-order valence-corrected chi connectivity index (χ1v) is 15.6. The van der Waals surface area contributed by atoms with Gasteiger partial charge in [-0.05, 0) is 53.6 Å². The molecule has 15 nitrogen and oxygen atoms in total. The molecule has 5 unspecified atom stereocenters. The van der Waals surface area contributed by atoms with Crippen LogP contribution in [0.2, 0.25) is 0 Å². The number of phenolic OH excluding ortho intramolecular Hbond substituents is 9. The van der Waals surface area contributed by atoms with Crippen molar-refractivity contribution < 1.29 is 75.2 Å². The van der Waals surface area contributed by atoms with Crippen molar-refractivity contribution in [2.75, 3.05) is 0 Å². The number of phenols is 9. The number of carbonyl (C=O) groups is 1. The molecule has 5 aromatic rings. The number of fused-ring (bicyclic) bond motifs is 2. The number of esters is 1. The van der Waals surface area contributed by atoms with E-state index in [9.17, 15) is 61.0 Å². The lowest BCUT2D eigenvalue weighted by Crippen LogP contribution is -2.36. The number of hydrogen-bond acceptors (Lipinski definition) is 15. The number of aromatic hydroxyl groups is 9. The quantitative estimate of drug-likeness (QED) is 0.0700. The summed E-state index contributed by atoms with van der Waals surface area (Å²) >= 11 is 0. The van der Waals surface area contributed by atoms with Crippen LogP contribution >= 0.6 is 0 Å². The average Bonchev–Trinajstić information content (AvgIpc) is 3.10. The van der Waals surface area contributed by atoms with Crippen molar-refractivity contribution in [3.8, 4) is 69.0 Å². The van der Waals surface area contributed by atoms with Gasteiger partial charge in [0.1, 0.15) is 41.0 Å². The van der Waals surface area contributed by atoms with Crippen LogP contribution in [0.4, 0.5) is 0 Å². The Morgan fingerprint density at radius 2 is 1.31 bits per heavy atom. The zero-order chi connectivity index (χ0) is 37.2. The molecule has 0 fully saturated rings. The third-order valence-corrected chi connectivity index (χ3v) is 9.08. The van der Waals surface area contributed by atoms with E-state index in [1.165, 1.54) is 48.5 Å². The van der Waals surface area contributed by atoms with Gasteiger partial charge < -0.3 is 70.4 Å². The molecule has 7 rings (SSSR count). The van der Waals surface area contributed by atoms with Gasteiger partial charge in [0.15, 0.2) is 46.4 Å². The second-order valence-corrected chi connectivity index (χ2v) is 12.4. The molecule has 5 atom stereocenters. The van der Waals surface area contributed by atoms with Gasteiger partial charge in [-0.15, -0.1) is 0 Å². The summed E-state index contributed by atoms with van der Waals surface area (Å²) in [5, 5.41) is 116. The van der Waals surface area contributed by atoms with Crippen molar-refractivity contribution in [2.24, 2.45) is 0 Å². The molecule has 15 heteroatoms. The first-order valence-electron chi connectivity index (χ1n) is 15.6. The van der Waals surface area contributed by atoms with Crippen molar-refractivity contribution in [3.05, 3.63) is 106 Å². The van der Waals surface area contributed by atoms with Crippen molar-refractivity contribution in [3.63, 3.8) is 0 Å². The van der Waals surface area contributed by atoms with Gasteiger partial charge in [0.25, 0.3) is 0 Å². The highest BCUT2D eigenvalue weighted by atomic mass is 16.5. The maximum absolute atomic E-state index is 12.9. The summed E-state index contributed by atoms with van der Waals surface area (Å²) in [5.74, 6) is -7.83. The van der Waals surface area contributed by atoms with Crippen LogP contribution in [0.15, 0.2) is 72.8 Å².